The second kappa shape index (κ2) is 7.04. The highest BCUT2D eigenvalue weighted by atomic mass is 32.2. The Morgan fingerprint density at radius 1 is 1.17 bits per heavy atom. The maximum absolute atomic E-state index is 12.1. The Morgan fingerprint density at radius 2 is 2.04 bits per heavy atom. The maximum atomic E-state index is 12.1. The third-order valence-electron chi connectivity index (χ3n) is 3.20. The van der Waals surface area contributed by atoms with Crippen molar-refractivity contribution in [3.8, 4) is 10.6 Å². The van der Waals surface area contributed by atoms with Crippen LogP contribution in [0, 0.1) is 0 Å². The van der Waals surface area contributed by atoms with Gasteiger partial charge in [0.25, 0.3) is 5.56 Å². The number of nitrogens with zero attached hydrogens (tertiary/aromatic N) is 3. The molecule has 3 aromatic heterocycles. The van der Waals surface area contributed by atoms with Crippen LogP contribution in [0.15, 0.2) is 63.9 Å². The van der Waals surface area contributed by atoms with Crippen LogP contribution in [0.2, 0.25) is 0 Å². The number of nitrogens with one attached hydrogen (secondary N) is 1. The second-order valence-electron chi connectivity index (χ2n) is 4.84. The fourth-order valence-electron chi connectivity index (χ4n) is 2.04. The summed E-state index contributed by atoms with van der Waals surface area (Å²) in [7, 11) is -3.65. The molecular weight excluding hydrogens is 348 g/mol. The molecule has 9 heteroatoms. The van der Waals surface area contributed by atoms with Gasteiger partial charge in [-0.15, -0.1) is 11.3 Å². The molecule has 0 radical (unpaired) electrons. The van der Waals surface area contributed by atoms with Gasteiger partial charge < -0.3 is 0 Å². The first-order chi connectivity index (χ1) is 11.6. The van der Waals surface area contributed by atoms with E-state index in [-0.39, 0.29) is 23.5 Å². The zero-order valence-corrected chi connectivity index (χ0v) is 14.1. The van der Waals surface area contributed by atoms with E-state index in [0.29, 0.717) is 5.69 Å². The van der Waals surface area contributed by atoms with Crippen LogP contribution in [-0.4, -0.2) is 29.7 Å². The van der Waals surface area contributed by atoms with Gasteiger partial charge in [-0.05, 0) is 29.6 Å². The quantitative estimate of drug-likeness (QED) is 0.714. The summed E-state index contributed by atoms with van der Waals surface area (Å²) in [5, 5.41) is 6.20. The first-order valence-corrected chi connectivity index (χ1v) is 9.44. The zero-order chi connectivity index (χ0) is 17.0. The molecule has 7 nitrogen and oxygen atoms in total. The third-order valence-corrected chi connectivity index (χ3v) is 5.54. The molecule has 0 aliphatic carbocycles. The fourth-order valence-corrected chi connectivity index (χ4v) is 3.71. The lowest BCUT2D eigenvalue weighted by molar-refractivity contribution is 0.548. The Morgan fingerprint density at radius 3 is 2.75 bits per heavy atom. The van der Waals surface area contributed by atoms with Crippen LogP contribution < -0.4 is 10.3 Å². The maximum Gasteiger partial charge on any atom is 0.266 e. The summed E-state index contributed by atoms with van der Waals surface area (Å²) in [4.78, 5) is 16.7. The van der Waals surface area contributed by atoms with Gasteiger partial charge in [-0.2, -0.15) is 5.10 Å². The monoisotopic (exact) mass is 362 g/mol. The molecule has 1 N–H and O–H groups in total. The molecule has 0 saturated heterocycles. The molecule has 0 fully saturated rings. The minimum atomic E-state index is -3.65. The highest BCUT2D eigenvalue weighted by Crippen LogP contribution is 2.20. The second-order valence-corrected chi connectivity index (χ2v) is 7.56. The van der Waals surface area contributed by atoms with Crippen LogP contribution in [0.4, 0.5) is 0 Å². The Hall–Kier alpha value is -2.36. The molecular formula is C15H14N4O3S2. The van der Waals surface area contributed by atoms with E-state index in [1.807, 2.05) is 17.5 Å². The SMILES string of the molecule is O=c1ccc(-c2cccs2)nn1CCNS(=O)(=O)c1cccnc1. The first kappa shape index (κ1) is 16.5. The van der Waals surface area contributed by atoms with Crippen molar-refractivity contribution in [2.24, 2.45) is 0 Å². The van der Waals surface area contributed by atoms with Crippen molar-refractivity contribution in [3.05, 3.63) is 64.5 Å². The highest BCUT2D eigenvalue weighted by Gasteiger charge is 2.13. The van der Waals surface area contributed by atoms with Crippen molar-refractivity contribution < 1.29 is 8.42 Å². The van der Waals surface area contributed by atoms with E-state index in [9.17, 15) is 13.2 Å². The first-order valence-electron chi connectivity index (χ1n) is 7.08. The van der Waals surface area contributed by atoms with Gasteiger partial charge in [-0.1, -0.05) is 6.07 Å². The summed E-state index contributed by atoms with van der Waals surface area (Å²) in [5.41, 5.74) is 0.399. The van der Waals surface area contributed by atoms with Crippen LogP contribution in [-0.2, 0) is 16.6 Å². The molecule has 0 saturated carbocycles. The fraction of sp³-hybridized carbons (Fsp3) is 0.133. The van der Waals surface area contributed by atoms with E-state index in [2.05, 4.69) is 14.8 Å². The normalized spacial score (nSPS) is 11.5. The van der Waals surface area contributed by atoms with Crippen molar-refractivity contribution >= 4 is 21.4 Å². The van der Waals surface area contributed by atoms with Crippen LogP contribution in [0.5, 0.6) is 0 Å². The molecule has 24 heavy (non-hydrogen) atoms. The summed E-state index contributed by atoms with van der Waals surface area (Å²) < 4.78 is 27.9. The largest absolute Gasteiger partial charge is 0.268 e. The Bertz CT molecular complexity index is 967. The number of thiophene rings is 1. The van der Waals surface area contributed by atoms with E-state index < -0.39 is 10.0 Å². The molecule has 0 aromatic carbocycles. The minimum absolute atomic E-state index is 0.0536. The van der Waals surface area contributed by atoms with Gasteiger partial charge in [0.15, 0.2) is 0 Å². The van der Waals surface area contributed by atoms with Gasteiger partial charge >= 0.3 is 0 Å². The number of rotatable bonds is 6. The van der Waals surface area contributed by atoms with Crippen molar-refractivity contribution in [3.63, 3.8) is 0 Å². The Kier molecular flexibility index (Phi) is 4.84. The summed E-state index contributed by atoms with van der Waals surface area (Å²) >= 11 is 1.52. The van der Waals surface area contributed by atoms with Gasteiger partial charge in [-0.3, -0.25) is 9.78 Å². The molecule has 0 unspecified atom stereocenters. The average Bonchev–Trinajstić information content (AvgIpc) is 3.12. The topological polar surface area (TPSA) is 94.0 Å². The molecule has 3 rings (SSSR count). The lowest BCUT2D eigenvalue weighted by Gasteiger charge is -2.08. The van der Waals surface area contributed by atoms with Gasteiger partial charge in [0, 0.05) is 25.0 Å². The molecule has 3 aromatic rings. The predicted octanol–water partition coefficient (Wildman–Crippen LogP) is 1.35. The van der Waals surface area contributed by atoms with Crippen LogP contribution in [0.25, 0.3) is 10.6 Å². The van der Waals surface area contributed by atoms with E-state index >= 15 is 0 Å². The summed E-state index contributed by atoms with van der Waals surface area (Å²) in [5.74, 6) is 0. The molecule has 0 aliphatic rings. The van der Waals surface area contributed by atoms with Crippen LogP contribution in [0.1, 0.15) is 0 Å². The Balaban J connectivity index is 1.71. The molecule has 0 atom stereocenters. The third kappa shape index (κ3) is 3.75. The van der Waals surface area contributed by atoms with Gasteiger partial charge in [0.1, 0.15) is 10.6 Å². The number of hydrogen-bond acceptors (Lipinski definition) is 6. The van der Waals surface area contributed by atoms with Crippen molar-refractivity contribution in [1.82, 2.24) is 19.5 Å². The standard InChI is InChI=1S/C15H14N4O3S2/c20-15-6-5-13(14-4-2-10-23-14)18-19(15)9-8-17-24(21,22)12-3-1-7-16-11-12/h1-7,10-11,17H,8-9H2. The summed E-state index contributed by atoms with van der Waals surface area (Å²) in [6, 6.07) is 9.90. The van der Waals surface area contributed by atoms with Crippen molar-refractivity contribution in [2.45, 2.75) is 11.4 Å². The highest BCUT2D eigenvalue weighted by molar-refractivity contribution is 7.89. The van der Waals surface area contributed by atoms with Gasteiger partial charge in [0.05, 0.1) is 11.4 Å². The lowest BCUT2D eigenvalue weighted by atomic mass is 10.3. The van der Waals surface area contributed by atoms with E-state index in [1.165, 1.54) is 40.5 Å². The van der Waals surface area contributed by atoms with E-state index in [0.717, 1.165) is 4.88 Å². The Labute approximate surface area is 142 Å². The number of sulfonamides is 1. The zero-order valence-electron chi connectivity index (χ0n) is 12.5. The average molecular weight is 362 g/mol. The summed E-state index contributed by atoms with van der Waals surface area (Å²) in [6.07, 6.45) is 2.77. The lowest BCUT2D eigenvalue weighted by Crippen LogP contribution is -2.32. The smallest absolute Gasteiger partial charge is 0.266 e. The number of pyridine rings is 1. The number of aromatic nitrogens is 3. The van der Waals surface area contributed by atoms with E-state index in [1.54, 1.807) is 12.1 Å². The van der Waals surface area contributed by atoms with Gasteiger partial charge in [0.2, 0.25) is 10.0 Å². The van der Waals surface area contributed by atoms with Crippen molar-refractivity contribution in [2.75, 3.05) is 6.54 Å². The molecule has 3 heterocycles. The minimum Gasteiger partial charge on any atom is -0.268 e. The molecule has 0 aliphatic heterocycles. The molecule has 0 bridgehead atoms. The summed E-state index contributed by atoms with van der Waals surface area (Å²) in [6.45, 7) is 0.190. The van der Waals surface area contributed by atoms with Crippen LogP contribution >= 0.6 is 11.3 Å². The van der Waals surface area contributed by atoms with E-state index in [4.69, 9.17) is 0 Å². The molecule has 0 spiro atoms. The predicted molar refractivity (Wildman–Crippen MR) is 91.2 cm³/mol. The van der Waals surface area contributed by atoms with Crippen molar-refractivity contribution in [1.29, 1.82) is 0 Å². The van der Waals surface area contributed by atoms with Gasteiger partial charge in [-0.25, -0.2) is 17.8 Å². The molecule has 0 amide bonds. The number of hydrogen-bond donors (Lipinski definition) is 1. The molecule has 124 valence electrons. The van der Waals surface area contributed by atoms with Crippen LogP contribution in [0.3, 0.4) is 0 Å².